The highest BCUT2D eigenvalue weighted by Crippen LogP contribution is 2.38. The van der Waals surface area contributed by atoms with Crippen molar-refractivity contribution in [1.82, 2.24) is 9.13 Å². The number of fused-ring (bicyclic) bond motifs is 6. The molecule has 0 bridgehead atoms. The Kier molecular flexibility index (Phi) is 7.68. The van der Waals surface area contributed by atoms with E-state index in [-0.39, 0.29) is 11.3 Å². The summed E-state index contributed by atoms with van der Waals surface area (Å²) in [5.41, 5.74) is 8.70. The molecule has 0 aliphatic heterocycles. The van der Waals surface area contributed by atoms with Crippen LogP contribution in [0, 0.1) is 17.9 Å². The van der Waals surface area contributed by atoms with Crippen LogP contribution in [0.5, 0.6) is 0 Å². The first kappa shape index (κ1) is 31.6. The number of carboxylic acid groups (broad SMARTS) is 2. The Morgan fingerprint density at radius 1 is 0.577 bits per heavy atom. The standard InChI is InChI=1S/C44H26N4O4/c1-46-38(44(51)52)23-28-12-18-33(19-13-28)48-40-9-5-3-7-35(40)37-25-30(15-21-42(37)48)29-14-20-41-36(24-29)34-6-2-4-8-39(34)47(41)32-16-10-27(11-17-32)22-31(26-45)43(49)50/h2-25H,(H,49,50)(H,51,52)/b31-22+,38-23?. The minimum Gasteiger partial charge on any atom is -0.486 e. The van der Waals surface area contributed by atoms with Gasteiger partial charge in [0.2, 0.25) is 0 Å². The lowest BCUT2D eigenvalue weighted by Crippen LogP contribution is -1.97. The van der Waals surface area contributed by atoms with Gasteiger partial charge in [0.05, 0.1) is 28.6 Å². The van der Waals surface area contributed by atoms with Crippen LogP contribution in [0.1, 0.15) is 11.1 Å². The minimum atomic E-state index is -1.26. The van der Waals surface area contributed by atoms with Gasteiger partial charge in [0.15, 0.2) is 0 Å². The zero-order valence-corrected chi connectivity index (χ0v) is 27.4. The number of nitrogens with zero attached hydrogens (tertiary/aromatic N) is 4. The van der Waals surface area contributed by atoms with E-state index in [0.717, 1.165) is 66.1 Å². The Morgan fingerprint density at radius 2 is 1.02 bits per heavy atom. The average Bonchev–Trinajstić information content (AvgIpc) is 3.68. The van der Waals surface area contributed by atoms with Crippen LogP contribution in [0.3, 0.4) is 0 Å². The van der Waals surface area contributed by atoms with Crippen molar-refractivity contribution in [2.75, 3.05) is 0 Å². The first-order chi connectivity index (χ1) is 25.3. The summed E-state index contributed by atoms with van der Waals surface area (Å²) in [6.45, 7) is 7.15. The molecule has 0 aliphatic rings. The van der Waals surface area contributed by atoms with Gasteiger partial charge in [-0.1, -0.05) is 72.8 Å². The van der Waals surface area contributed by atoms with Crippen LogP contribution in [-0.4, -0.2) is 31.3 Å². The molecule has 0 unspecified atom stereocenters. The molecule has 8 rings (SSSR count). The van der Waals surface area contributed by atoms with Crippen molar-refractivity contribution in [3.63, 3.8) is 0 Å². The molecule has 0 fully saturated rings. The summed E-state index contributed by atoms with van der Waals surface area (Å²) in [5, 5.41) is 32.1. The Labute approximate surface area is 297 Å². The van der Waals surface area contributed by atoms with E-state index in [2.05, 4.69) is 74.6 Å². The van der Waals surface area contributed by atoms with Gasteiger partial charge in [-0.25, -0.2) is 9.64 Å². The molecule has 2 N–H and O–H groups in total. The first-order valence-electron chi connectivity index (χ1n) is 16.3. The van der Waals surface area contributed by atoms with Gasteiger partial charge in [-0.05, 0) is 95.1 Å². The summed E-state index contributed by atoms with van der Waals surface area (Å²) >= 11 is 0. The summed E-state index contributed by atoms with van der Waals surface area (Å²) in [6.07, 6.45) is 2.74. The Balaban J connectivity index is 1.22. The van der Waals surface area contributed by atoms with Gasteiger partial charge >= 0.3 is 11.9 Å². The van der Waals surface area contributed by atoms with E-state index in [0.29, 0.717) is 11.1 Å². The number of benzene rings is 6. The van der Waals surface area contributed by atoms with E-state index in [1.807, 2.05) is 72.8 Å². The summed E-state index contributed by atoms with van der Waals surface area (Å²) in [6, 6.07) is 46.2. The molecule has 52 heavy (non-hydrogen) atoms. The highest BCUT2D eigenvalue weighted by molar-refractivity contribution is 6.12. The monoisotopic (exact) mass is 674 g/mol. The van der Waals surface area contributed by atoms with Crippen LogP contribution < -0.4 is 0 Å². The zero-order valence-electron chi connectivity index (χ0n) is 27.4. The summed E-state index contributed by atoms with van der Waals surface area (Å²) in [4.78, 5) is 25.8. The van der Waals surface area contributed by atoms with Crippen molar-refractivity contribution in [3.05, 3.63) is 167 Å². The number of aliphatic carboxylic acids is 2. The Bertz CT molecular complexity index is 2710. The molecule has 8 heteroatoms. The van der Waals surface area contributed by atoms with Crippen LogP contribution in [-0.2, 0) is 9.59 Å². The second-order valence-electron chi connectivity index (χ2n) is 12.3. The quantitative estimate of drug-likeness (QED) is 0.0993. The fourth-order valence-electron chi connectivity index (χ4n) is 6.91. The predicted octanol–water partition coefficient (Wildman–Crippen LogP) is 9.88. The van der Waals surface area contributed by atoms with Crippen molar-refractivity contribution >= 4 is 67.7 Å². The number of carboxylic acids is 2. The van der Waals surface area contributed by atoms with Gasteiger partial charge in [0, 0.05) is 32.9 Å². The van der Waals surface area contributed by atoms with Crippen molar-refractivity contribution in [2.24, 2.45) is 0 Å². The molecule has 0 spiro atoms. The summed E-state index contributed by atoms with van der Waals surface area (Å²) in [5.74, 6) is -2.51. The third-order valence-electron chi connectivity index (χ3n) is 9.29. The molecule has 0 atom stereocenters. The Hall–Kier alpha value is -7.68. The van der Waals surface area contributed by atoms with Gasteiger partial charge in [0.1, 0.15) is 11.6 Å². The number of aromatic nitrogens is 2. The first-order valence-corrected chi connectivity index (χ1v) is 16.3. The van der Waals surface area contributed by atoms with Crippen LogP contribution in [0.25, 0.3) is 83.1 Å². The van der Waals surface area contributed by atoms with Gasteiger partial charge < -0.3 is 19.3 Å². The second-order valence-corrected chi connectivity index (χ2v) is 12.3. The SMILES string of the molecule is [C-]#[N+]C(=Cc1ccc(-n2c3ccccc3c3cc(-c4ccc5c(c4)c4ccccc4n5-c4ccc(/C=C(\C#N)C(=O)O)cc4)ccc32)cc1)C(=O)O. The molecule has 8 aromatic rings. The maximum absolute atomic E-state index is 11.3. The van der Waals surface area contributed by atoms with Crippen LogP contribution in [0.2, 0.25) is 0 Å². The topological polar surface area (TPSA) is 113 Å². The van der Waals surface area contributed by atoms with Crippen molar-refractivity contribution in [2.45, 2.75) is 0 Å². The molecule has 0 amide bonds. The average molecular weight is 675 g/mol. The third-order valence-corrected chi connectivity index (χ3v) is 9.29. The lowest BCUT2D eigenvalue weighted by atomic mass is 10.0. The number of rotatable bonds is 7. The number of nitriles is 1. The maximum atomic E-state index is 11.3. The van der Waals surface area contributed by atoms with Gasteiger partial charge in [-0.3, -0.25) is 4.79 Å². The lowest BCUT2D eigenvalue weighted by molar-refractivity contribution is -0.133. The van der Waals surface area contributed by atoms with Crippen LogP contribution in [0.15, 0.2) is 145 Å². The Morgan fingerprint density at radius 3 is 1.44 bits per heavy atom. The normalized spacial score (nSPS) is 12.0. The molecule has 0 aliphatic carbocycles. The lowest BCUT2D eigenvalue weighted by Gasteiger charge is -2.10. The molecular weight excluding hydrogens is 649 g/mol. The number of carbonyl (C=O) groups is 2. The van der Waals surface area contributed by atoms with E-state index in [9.17, 15) is 25.1 Å². The molecular formula is C44H26N4O4. The van der Waals surface area contributed by atoms with E-state index in [1.54, 1.807) is 6.07 Å². The molecule has 0 saturated heterocycles. The number of hydrogen-bond donors (Lipinski definition) is 2. The van der Waals surface area contributed by atoms with Crippen molar-refractivity contribution in [3.8, 4) is 28.6 Å². The molecule has 0 radical (unpaired) electrons. The fraction of sp³-hybridized carbons (Fsp3) is 0. The van der Waals surface area contributed by atoms with Gasteiger partial charge in [0.25, 0.3) is 5.70 Å². The maximum Gasteiger partial charge on any atom is 0.346 e. The van der Waals surface area contributed by atoms with Gasteiger partial charge in [-0.2, -0.15) is 5.26 Å². The van der Waals surface area contributed by atoms with Crippen molar-refractivity contribution in [1.29, 1.82) is 5.26 Å². The number of para-hydroxylation sites is 2. The van der Waals surface area contributed by atoms with Crippen LogP contribution in [0.4, 0.5) is 0 Å². The second kappa shape index (κ2) is 12.6. The van der Waals surface area contributed by atoms with Crippen LogP contribution >= 0.6 is 0 Å². The van der Waals surface area contributed by atoms with E-state index in [1.165, 1.54) is 12.2 Å². The highest BCUT2D eigenvalue weighted by Gasteiger charge is 2.16. The minimum absolute atomic E-state index is 0.321. The molecule has 8 nitrogen and oxygen atoms in total. The highest BCUT2D eigenvalue weighted by atomic mass is 16.4. The molecule has 0 saturated carbocycles. The fourth-order valence-corrected chi connectivity index (χ4v) is 6.91. The van der Waals surface area contributed by atoms with E-state index in [4.69, 9.17) is 6.57 Å². The largest absolute Gasteiger partial charge is 0.486 e. The molecule has 2 heterocycles. The zero-order chi connectivity index (χ0) is 35.9. The smallest absolute Gasteiger partial charge is 0.346 e. The predicted molar refractivity (Wildman–Crippen MR) is 204 cm³/mol. The molecule has 2 aromatic heterocycles. The third kappa shape index (κ3) is 5.34. The van der Waals surface area contributed by atoms with E-state index < -0.39 is 11.9 Å². The molecule has 246 valence electrons. The summed E-state index contributed by atoms with van der Waals surface area (Å²) < 4.78 is 4.38. The molecule has 6 aromatic carbocycles. The van der Waals surface area contributed by atoms with Crippen molar-refractivity contribution < 1.29 is 19.8 Å². The van der Waals surface area contributed by atoms with E-state index >= 15 is 0 Å². The number of hydrogen-bond acceptors (Lipinski definition) is 3. The van der Waals surface area contributed by atoms with Gasteiger partial charge in [-0.15, -0.1) is 0 Å². The summed E-state index contributed by atoms with van der Waals surface area (Å²) in [7, 11) is 0.